The standard InChI is InChI=1S/C25H20ClFN6O3/c26-17-9-13(1-5-18(17)27)12-29-24(35)20-11-21(33-22(31-20)7-8-30-33)25(36)32-19-6-3-14-10-15(23(28)34)2-4-16(14)19/h1-2,4-5,7-11,19H,3,6,12H2,(H2,28,34)(H,29,35)(H,32,36)/t19-/m0/s1. The Bertz CT molecular complexity index is 1540. The number of rotatable bonds is 6. The first-order chi connectivity index (χ1) is 17.3. The number of nitrogens with one attached hydrogen (secondary N) is 2. The molecule has 4 N–H and O–H groups in total. The minimum absolute atomic E-state index is 0.0271. The lowest BCUT2D eigenvalue weighted by molar-refractivity contribution is 0.0927. The van der Waals surface area contributed by atoms with E-state index < -0.39 is 23.5 Å². The molecule has 1 atom stereocenters. The lowest BCUT2D eigenvalue weighted by Crippen LogP contribution is -2.30. The van der Waals surface area contributed by atoms with E-state index in [1.807, 2.05) is 0 Å². The minimum atomic E-state index is -0.548. The first kappa shape index (κ1) is 23.4. The highest BCUT2D eigenvalue weighted by atomic mass is 35.5. The summed E-state index contributed by atoms with van der Waals surface area (Å²) in [4.78, 5) is 41.9. The summed E-state index contributed by atoms with van der Waals surface area (Å²) in [7, 11) is 0. The largest absolute Gasteiger partial charge is 0.366 e. The van der Waals surface area contributed by atoms with Gasteiger partial charge in [-0.1, -0.05) is 23.7 Å². The average Bonchev–Trinajstić information content (AvgIpc) is 3.50. The molecule has 1 aliphatic carbocycles. The fourth-order valence-electron chi connectivity index (χ4n) is 4.27. The molecule has 182 valence electrons. The summed E-state index contributed by atoms with van der Waals surface area (Å²) in [5.41, 5.74) is 8.77. The summed E-state index contributed by atoms with van der Waals surface area (Å²) >= 11 is 5.80. The second-order valence-electron chi connectivity index (χ2n) is 8.40. The van der Waals surface area contributed by atoms with Crippen LogP contribution in [0.1, 0.15) is 60.5 Å². The second-order valence-corrected chi connectivity index (χ2v) is 8.81. The van der Waals surface area contributed by atoms with Gasteiger partial charge < -0.3 is 16.4 Å². The molecule has 0 fully saturated rings. The van der Waals surface area contributed by atoms with E-state index in [-0.39, 0.29) is 29.0 Å². The van der Waals surface area contributed by atoms with Crippen molar-refractivity contribution in [1.29, 1.82) is 0 Å². The second kappa shape index (κ2) is 9.38. The number of nitrogens with two attached hydrogens (primary N) is 1. The summed E-state index contributed by atoms with van der Waals surface area (Å²) in [5, 5.41) is 9.81. The molecular formula is C25H20ClFN6O3. The number of hydrogen-bond donors (Lipinski definition) is 3. The van der Waals surface area contributed by atoms with Gasteiger partial charge in [0.25, 0.3) is 11.8 Å². The zero-order valence-corrected chi connectivity index (χ0v) is 19.6. The van der Waals surface area contributed by atoms with Gasteiger partial charge in [0, 0.05) is 24.2 Å². The Morgan fingerprint density at radius 3 is 2.72 bits per heavy atom. The molecule has 0 unspecified atom stereocenters. The summed E-state index contributed by atoms with van der Waals surface area (Å²) < 4.78 is 14.7. The smallest absolute Gasteiger partial charge is 0.270 e. The molecule has 9 nitrogen and oxygen atoms in total. The van der Waals surface area contributed by atoms with Crippen molar-refractivity contribution in [3.05, 3.63) is 99.2 Å². The third-order valence-corrected chi connectivity index (χ3v) is 6.36. The molecule has 4 aromatic rings. The van der Waals surface area contributed by atoms with Crippen LogP contribution < -0.4 is 16.4 Å². The topological polar surface area (TPSA) is 131 Å². The van der Waals surface area contributed by atoms with Gasteiger partial charge in [-0.3, -0.25) is 14.4 Å². The molecule has 0 spiro atoms. The highest BCUT2D eigenvalue weighted by Crippen LogP contribution is 2.32. The Balaban J connectivity index is 1.36. The van der Waals surface area contributed by atoms with Crippen LogP contribution in [0.25, 0.3) is 5.65 Å². The number of carbonyl (C=O) groups excluding carboxylic acids is 3. The molecule has 2 heterocycles. The number of hydrogen-bond acceptors (Lipinski definition) is 5. The van der Waals surface area contributed by atoms with Crippen LogP contribution in [0.4, 0.5) is 4.39 Å². The molecule has 11 heteroatoms. The zero-order chi connectivity index (χ0) is 25.4. The third kappa shape index (κ3) is 4.50. The molecule has 3 amide bonds. The maximum absolute atomic E-state index is 13.4. The number of amides is 3. The van der Waals surface area contributed by atoms with E-state index in [9.17, 15) is 18.8 Å². The molecule has 0 aliphatic heterocycles. The van der Waals surface area contributed by atoms with Crippen LogP contribution in [0.3, 0.4) is 0 Å². The van der Waals surface area contributed by atoms with Gasteiger partial charge in [0.15, 0.2) is 5.65 Å². The fourth-order valence-corrected chi connectivity index (χ4v) is 4.47. The molecule has 0 saturated heterocycles. The van der Waals surface area contributed by atoms with Crippen molar-refractivity contribution in [3.8, 4) is 0 Å². The van der Waals surface area contributed by atoms with Crippen LogP contribution in [0, 0.1) is 5.82 Å². The van der Waals surface area contributed by atoms with Gasteiger partial charge in [0.2, 0.25) is 5.91 Å². The summed E-state index contributed by atoms with van der Waals surface area (Å²) in [6.07, 6.45) is 2.83. The van der Waals surface area contributed by atoms with Gasteiger partial charge >= 0.3 is 0 Å². The molecule has 0 saturated carbocycles. The first-order valence-corrected chi connectivity index (χ1v) is 11.5. The van der Waals surface area contributed by atoms with Gasteiger partial charge in [0.1, 0.15) is 17.2 Å². The van der Waals surface area contributed by atoms with Crippen molar-refractivity contribution in [3.63, 3.8) is 0 Å². The summed E-state index contributed by atoms with van der Waals surface area (Å²) in [6, 6.07) is 12.0. The number of nitrogens with zero attached hydrogens (tertiary/aromatic N) is 3. The highest BCUT2D eigenvalue weighted by molar-refractivity contribution is 6.30. The van der Waals surface area contributed by atoms with Crippen LogP contribution in [0.2, 0.25) is 5.02 Å². The maximum Gasteiger partial charge on any atom is 0.270 e. The molecule has 0 bridgehead atoms. The molecule has 5 rings (SSSR count). The lowest BCUT2D eigenvalue weighted by Gasteiger charge is -2.15. The molecular weight excluding hydrogens is 487 g/mol. The van der Waals surface area contributed by atoms with E-state index >= 15 is 0 Å². The molecule has 2 aromatic heterocycles. The average molecular weight is 507 g/mol. The van der Waals surface area contributed by atoms with E-state index in [0.717, 1.165) is 11.1 Å². The van der Waals surface area contributed by atoms with Crippen LogP contribution in [-0.4, -0.2) is 32.3 Å². The van der Waals surface area contributed by atoms with Gasteiger partial charge in [-0.2, -0.15) is 5.10 Å². The Morgan fingerprint density at radius 1 is 1.11 bits per heavy atom. The van der Waals surface area contributed by atoms with E-state index in [2.05, 4.69) is 20.7 Å². The van der Waals surface area contributed by atoms with Crippen molar-refractivity contribution < 1.29 is 18.8 Å². The monoisotopic (exact) mass is 506 g/mol. The quantitative estimate of drug-likeness (QED) is 0.370. The predicted molar refractivity (Wildman–Crippen MR) is 129 cm³/mol. The van der Waals surface area contributed by atoms with Gasteiger partial charge in [-0.15, -0.1) is 0 Å². The zero-order valence-electron chi connectivity index (χ0n) is 18.8. The predicted octanol–water partition coefficient (Wildman–Crippen LogP) is 2.97. The maximum atomic E-state index is 13.4. The molecule has 0 radical (unpaired) electrons. The van der Waals surface area contributed by atoms with Gasteiger partial charge in [-0.25, -0.2) is 13.9 Å². The molecule has 36 heavy (non-hydrogen) atoms. The van der Waals surface area contributed by atoms with Crippen LogP contribution in [-0.2, 0) is 13.0 Å². The first-order valence-electron chi connectivity index (χ1n) is 11.1. The SMILES string of the molecule is NC(=O)c1ccc2c(c1)CC[C@@H]2NC(=O)c1cc(C(=O)NCc2ccc(F)c(Cl)c2)nc2ccnn12. The minimum Gasteiger partial charge on any atom is -0.366 e. The number of aromatic nitrogens is 3. The van der Waals surface area contributed by atoms with Crippen LogP contribution in [0.5, 0.6) is 0 Å². The van der Waals surface area contributed by atoms with Crippen LogP contribution in [0.15, 0.2) is 54.7 Å². The number of halogens is 2. The number of primary amides is 1. The van der Waals surface area contributed by atoms with E-state index in [1.54, 1.807) is 24.3 Å². The third-order valence-electron chi connectivity index (χ3n) is 6.07. The fraction of sp³-hybridized carbons (Fsp3) is 0.160. The Kier molecular flexibility index (Phi) is 6.11. The highest BCUT2D eigenvalue weighted by Gasteiger charge is 2.27. The number of fused-ring (bicyclic) bond motifs is 2. The summed E-state index contributed by atoms with van der Waals surface area (Å²) in [6.45, 7) is 0.0959. The van der Waals surface area contributed by atoms with E-state index in [1.165, 1.54) is 35.0 Å². The Morgan fingerprint density at radius 2 is 1.94 bits per heavy atom. The van der Waals surface area contributed by atoms with Crippen molar-refractivity contribution >= 4 is 35.0 Å². The van der Waals surface area contributed by atoms with Gasteiger partial charge in [-0.05, 0) is 53.8 Å². The molecule has 2 aromatic carbocycles. The summed E-state index contributed by atoms with van der Waals surface area (Å²) in [5.74, 6) is -1.99. The lowest BCUT2D eigenvalue weighted by atomic mass is 10.0. The number of carbonyl (C=O) groups is 3. The number of aryl methyl sites for hydroxylation is 1. The Labute approximate surface area is 209 Å². The van der Waals surface area contributed by atoms with Crippen LogP contribution >= 0.6 is 11.6 Å². The van der Waals surface area contributed by atoms with Crippen molar-refractivity contribution in [2.45, 2.75) is 25.4 Å². The van der Waals surface area contributed by atoms with Crippen molar-refractivity contribution in [2.75, 3.05) is 0 Å². The molecule has 1 aliphatic rings. The van der Waals surface area contributed by atoms with E-state index in [4.69, 9.17) is 17.3 Å². The van der Waals surface area contributed by atoms with Gasteiger partial charge in [0.05, 0.1) is 17.3 Å². The van der Waals surface area contributed by atoms with E-state index in [0.29, 0.717) is 29.6 Å². The van der Waals surface area contributed by atoms with Crippen molar-refractivity contribution in [1.82, 2.24) is 25.2 Å². The number of benzene rings is 2. The van der Waals surface area contributed by atoms with Crippen molar-refractivity contribution in [2.24, 2.45) is 5.73 Å². The Hall–Kier alpha value is -4.31. The normalized spacial score (nSPS) is 14.4.